The molecule has 112 valence electrons. The molecule has 1 unspecified atom stereocenters. The van der Waals surface area contributed by atoms with Crippen LogP contribution in [-0.4, -0.2) is 43.7 Å². The number of nitrogens with two attached hydrogens (primary N) is 1. The Bertz CT molecular complexity index is 414. The molecule has 1 atom stereocenters. The van der Waals surface area contributed by atoms with Gasteiger partial charge in [0, 0.05) is 38.8 Å². The van der Waals surface area contributed by atoms with Crippen molar-refractivity contribution in [2.24, 2.45) is 11.7 Å². The van der Waals surface area contributed by atoms with Crippen LogP contribution in [0.25, 0.3) is 0 Å². The first-order chi connectivity index (χ1) is 9.56. The van der Waals surface area contributed by atoms with E-state index >= 15 is 0 Å². The molecule has 1 fully saturated rings. The minimum absolute atomic E-state index is 0.293. The van der Waals surface area contributed by atoms with Gasteiger partial charge in [-0.2, -0.15) is 0 Å². The Labute approximate surface area is 127 Å². The summed E-state index contributed by atoms with van der Waals surface area (Å²) in [6, 6.07) is 8.38. The molecule has 1 aromatic carbocycles. The summed E-state index contributed by atoms with van der Waals surface area (Å²) in [6.07, 6.45) is 1.10. The van der Waals surface area contributed by atoms with E-state index in [-0.39, 0.29) is 0 Å². The molecule has 1 aliphatic heterocycles. The van der Waals surface area contributed by atoms with Crippen LogP contribution < -0.4 is 10.6 Å². The molecule has 3 nitrogen and oxygen atoms in total. The number of benzene rings is 1. The quantitative estimate of drug-likeness (QED) is 0.907. The number of rotatable bonds is 5. The molecule has 0 saturated carbocycles. The summed E-state index contributed by atoms with van der Waals surface area (Å²) < 4.78 is 0. The monoisotopic (exact) mass is 295 g/mol. The first-order valence-electron chi connectivity index (χ1n) is 7.53. The van der Waals surface area contributed by atoms with Crippen LogP contribution in [0.5, 0.6) is 0 Å². The normalized spacial score (nSPS) is 18.6. The highest BCUT2D eigenvalue weighted by Crippen LogP contribution is 2.26. The number of hydrogen-bond donors (Lipinski definition) is 1. The van der Waals surface area contributed by atoms with Crippen LogP contribution in [0.2, 0.25) is 5.02 Å². The van der Waals surface area contributed by atoms with Gasteiger partial charge in [0.1, 0.15) is 0 Å². The molecule has 1 aliphatic rings. The average Bonchev–Trinajstić information content (AvgIpc) is 2.39. The van der Waals surface area contributed by atoms with Crippen LogP contribution in [0, 0.1) is 5.92 Å². The molecule has 2 rings (SSSR count). The summed E-state index contributed by atoms with van der Waals surface area (Å²) in [4.78, 5) is 4.84. The van der Waals surface area contributed by atoms with Crippen LogP contribution in [0.15, 0.2) is 24.3 Å². The van der Waals surface area contributed by atoms with Crippen molar-refractivity contribution in [1.29, 1.82) is 0 Å². The maximum atomic E-state index is 6.26. The van der Waals surface area contributed by atoms with Gasteiger partial charge in [0.2, 0.25) is 0 Å². The fourth-order valence-corrected chi connectivity index (χ4v) is 3.15. The predicted octanol–water partition coefficient (Wildman–Crippen LogP) is 2.84. The van der Waals surface area contributed by atoms with Gasteiger partial charge < -0.3 is 10.6 Å². The van der Waals surface area contributed by atoms with Crippen LogP contribution in [0.1, 0.15) is 20.3 Å². The first-order valence-corrected chi connectivity index (χ1v) is 7.91. The van der Waals surface area contributed by atoms with E-state index < -0.39 is 0 Å². The number of anilines is 1. The number of piperazine rings is 1. The Morgan fingerprint density at radius 2 is 1.80 bits per heavy atom. The molecule has 0 bridgehead atoms. The lowest BCUT2D eigenvalue weighted by atomic mass is 10.0. The highest BCUT2D eigenvalue weighted by atomic mass is 35.5. The third-order valence-electron chi connectivity index (χ3n) is 3.83. The van der Waals surface area contributed by atoms with Gasteiger partial charge in [-0.25, -0.2) is 0 Å². The van der Waals surface area contributed by atoms with Gasteiger partial charge in [0.25, 0.3) is 0 Å². The molecular weight excluding hydrogens is 270 g/mol. The zero-order valence-electron chi connectivity index (χ0n) is 12.6. The summed E-state index contributed by atoms with van der Waals surface area (Å²) in [7, 11) is 0. The second-order valence-electron chi connectivity index (χ2n) is 6.13. The lowest BCUT2D eigenvalue weighted by Gasteiger charge is -2.37. The second-order valence-corrected chi connectivity index (χ2v) is 6.54. The number of nitrogens with zero attached hydrogens (tertiary/aromatic N) is 2. The molecule has 0 aromatic heterocycles. The molecule has 0 radical (unpaired) electrons. The topological polar surface area (TPSA) is 32.5 Å². The van der Waals surface area contributed by atoms with E-state index in [4.69, 9.17) is 17.3 Å². The molecule has 1 saturated heterocycles. The summed E-state index contributed by atoms with van der Waals surface area (Å²) >= 11 is 6.26. The minimum atomic E-state index is 0.293. The zero-order chi connectivity index (χ0) is 14.5. The fourth-order valence-electron chi connectivity index (χ4n) is 2.89. The van der Waals surface area contributed by atoms with Gasteiger partial charge in [-0.05, 0) is 24.5 Å². The molecule has 0 amide bonds. The molecule has 1 aromatic rings. The maximum Gasteiger partial charge on any atom is 0.0639 e. The van der Waals surface area contributed by atoms with E-state index in [0.29, 0.717) is 12.0 Å². The Morgan fingerprint density at radius 3 is 2.40 bits per heavy atom. The number of para-hydroxylation sites is 1. The van der Waals surface area contributed by atoms with E-state index in [9.17, 15) is 0 Å². The summed E-state index contributed by atoms with van der Waals surface area (Å²) in [5, 5.41) is 0.845. The Balaban J connectivity index is 1.82. The van der Waals surface area contributed by atoms with Gasteiger partial charge >= 0.3 is 0 Å². The highest BCUT2D eigenvalue weighted by molar-refractivity contribution is 6.33. The SMILES string of the molecule is CC(C)CC(N)CN1CCN(c2ccccc2Cl)CC1. The van der Waals surface area contributed by atoms with Crippen LogP contribution >= 0.6 is 11.6 Å². The third-order valence-corrected chi connectivity index (χ3v) is 4.15. The van der Waals surface area contributed by atoms with Gasteiger partial charge in [0.15, 0.2) is 0 Å². The smallest absolute Gasteiger partial charge is 0.0639 e. The molecule has 0 spiro atoms. The molecule has 2 N–H and O–H groups in total. The van der Waals surface area contributed by atoms with E-state index in [0.717, 1.165) is 49.9 Å². The summed E-state index contributed by atoms with van der Waals surface area (Å²) in [6.45, 7) is 9.66. The maximum absolute atomic E-state index is 6.26. The average molecular weight is 296 g/mol. The van der Waals surface area contributed by atoms with Crippen molar-refractivity contribution in [2.45, 2.75) is 26.3 Å². The van der Waals surface area contributed by atoms with E-state index in [1.54, 1.807) is 0 Å². The number of halogens is 1. The number of hydrogen-bond acceptors (Lipinski definition) is 3. The highest BCUT2D eigenvalue weighted by Gasteiger charge is 2.20. The lowest BCUT2D eigenvalue weighted by molar-refractivity contribution is 0.233. The predicted molar refractivity (Wildman–Crippen MR) is 87.5 cm³/mol. The van der Waals surface area contributed by atoms with Crippen molar-refractivity contribution >= 4 is 17.3 Å². The van der Waals surface area contributed by atoms with Gasteiger partial charge in [-0.3, -0.25) is 4.90 Å². The zero-order valence-corrected chi connectivity index (χ0v) is 13.3. The largest absolute Gasteiger partial charge is 0.368 e. The minimum Gasteiger partial charge on any atom is -0.368 e. The van der Waals surface area contributed by atoms with Crippen molar-refractivity contribution in [1.82, 2.24) is 4.90 Å². The van der Waals surface area contributed by atoms with Gasteiger partial charge in [0.05, 0.1) is 10.7 Å². The third kappa shape index (κ3) is 4.37. The van der Waals surface area contributed by atoms with Crippen molar-refractivity contribution < 1.29 is 0 Å². The molecule has 0 aliphatic carbocycles. The van der Waals surface area contributed by atoms with Crippen molar-refractivity contribution in [3.63, 3.8) is 0 Å². The van der Waals surface area contributed by atoms with Gasteiger partial charge in [-0.1, -0.05) is 37.6 Å². The fraction of sp³-hybridized carbons (Fsp3) is 0.625. The molecule has 1 heterocycles. The van der Waals surface area contributed by atoms with Crippen molar-refractivity contribution in [2.75, 3.05) is 37.6 Å². The van der Waals surface area contributed by atoms with Crippen molar-refractivity contribution in [3.8, 4) is 0 Å². The Hall–Kier alpha value is -0.770. The Kier molecular flexibility index (Phi) is 5.70. The van der Waals surface area contributed by atoms with Gasteiger partial charge in [-0.15, -0.1) is 0 Å². The van der Waals surface area contributed by atoms with Crippen LogP contribution in [0.4, 0.5) is 5.69 Å². The van der Waals surface area contributed by atoms with E-state index in [2.05, 4.69) is 29.7 Å². The first kappa shape index (κ1) is 15.6. The Morgan fingerprint density at radius 1 is 1.15 bits per heavy atom. The summed E-state index contributed by atoms with van der Waals surface area (Å²) in [5.74, 6) is 0.675. The van der Waals surface area contributed by atoms with Crippen molar-refractivity contribution in [3.05, 3.63) is 29.3 Å². The van der Waals surface area contributed by atoms with Crippen LogP contribution in [0.3, 0.4) is 0 Å². The summed E-state index contributed by atoms with van der Waals surface area (Å²) in [5.41, 5.74) is 7.35. The standard InChI is InChI=1S/C16H26ClN3/c1-13(2)11-14(18)12-19-7-9-20(10-8-19)16-6-4-3-5-15(16)17/h3-6,13-14H,7-12,18H2,1-2H3. The second kappa shape index (κ2) is 7.30. The molecular formula is C16H26ClN3. The molecule has 4 heteroatoms. The lowest BCUT2D eigenvalue weighted by Crippen LogP contribution is -2.50. The molecule has 20 heavy (non-hydrogen) atoms. The van der Waals surface area contributed by atoms with Crippen LogP contribution in [-0.2, 0) is 0 Å². The van der Waals surface area contributed by atoms with E-state index in [1.165, 1.54) is 0 Å². The van der Waals surface area contributed by atoms with E-state index in [1.807, 2.05) is 18.2 Å².